The van der Waals surface area contributed by atoms with E-state index < -0.39 is 48.2 Å². The highest BCUT2D eigenvalue weighted by molar-refractivity contribution is 7.94. The van der Waals surface area contributed by atoms with E-state index in [1.54, 1.807) is 48.5 Å². The first-order chi connectivity index (χ1) is 17.7. The predicted octanol–water partition coefficient (Wildman–Crippen LogP) is 4.83. The zero-order valence-electron chi connectivity index (χ0n) is 19.7. The van der Waals surface area contributed by atoms with Crippen LogP contribution in [0.1, 0.15) is 27.1 Å². The van der Waals surface area contributed by atoms with Crippen molar-refractivity contribution in [3.05, 3.63) is 132 Å². The summed E-state index contributed by atoms with van der Waals surface area (Å²) < 4.78 is 55.1. The summed E-state index contributed by atoms with van der Waals surface area (Å²) in [5, 5.41) is -3.62. The minimum atomic E-state index is -4.37. The Morgan fingerprint density at radius 3 is 1.03 bits per heavy atom. The molecule has 0 aromatic heterocycles. The van der Waals surface area contributed by atoms with E-state index in [1.165, 1.54) is 72.8 Å². The highest BCUT2D eigenvalue weighted by atomic mass is 32.2. The van der Waals surface area contributed by atoms with Crippen LogP contribution in [0.5, 0.6) is 0 Å². The number of ketones is 2. The summed E-state index contributed by atoms with van der Waals surface area (Å²) in [4.78, 5) is 27.0. The number of benzene rings is 4. The monoisotopic (exact) mass is 532 g/mol. The van der Waals surface area contributed by atoms with Crippen molar-refractivity contribution < 1.29 is 26.4 Å². The van der Waals surface area contributed by atoms with Crippen LogP contribution < -0.4 is 0 Å². The maximum Gasteiger partial charge on any atom is 0.188 e. The second kappa shape index (κ2) is 11.0. The summed E-state index contributed by atoms with van der Waals surface area (Å²) in [5.41, 5.74) is 0.213. The molecule has 0 aliphatic heterocycles. The maximum atomic E-state index is 13.8. The number of carbonyl (C=O) groups is 2. The molecular formula is C29H24O6S2. The molecule has 37 heavy (non-hydrogen) atoms. The third-order valence-corrected chi connectivity index (χ3v) is 10.2. The fraction of sp³-hybridized carbons (Fsp3) is 0.103. The molecule has 0 bridgehead atoms. The smallest absolute Gasteiger partial charge is 0.188 e. The fourth-order valence-electron chi connectivity index (χ4n) is 4.07. The third kappa shape index (κ3) is 5.60. The van der Waals surface area contributed by atoms with Gasteiger partial charge in [-0.3, -0.25) is 9.59 Å². The average molecular weight is 533 g/mol. The van der Waals surface area contributed by atoms with Crippen molar-refractivity contribution in [1.29, 1.82) is 0 Å². The molecule has 4 aromatic rings. The van der Waals surface area contributed by atoms with Crippen molar-refractivity contribution >= 4 is 31.2 Å². The molecule has 0 amide bonds. The molecule has 0 fully saturated rings. The Hall–Kier alpha value is -3.88. The van der Waals surface area contributed by atoms with Gasteiger partial charge in [-0.05, 0) is 30.7 Å². The van der Waals surface area contributed by atoms with Crippen LogP contribution in [0.25, 0.3) is 0 Å². The van der Waals surface area contributed by atoms with Gasteiger partial charge in [0, 0.05) is 11.1 Å². The van der Waals surface area contributed by atoms with Gasteiger partial charge in [0.2, 0.25) is 0 Å². The van der Waals surface area contributed by atoms with Crippen molar-refractivity contribution in [2.75, 3.05) is 0 Å². The van der Waals surface area contributed by atoms with Crippen LogP contribution in [0.3, 0.4) is 0 Å². The number of rotatable bonds is 10. The van der Waals surface area contributed by atoms with E-state index in [0.29, 0.717) is 0 Å². The molecule has 8 heteroatoms. The lowest BCUT2D eigenvalue weighted by Crippen LogP contribution is -2.40. The average Bonchev–Trinajstić information content (AvgIpc) is 2.94. The number of sulfone groups is 2. The number of carbonyl (C=O) groups excluding carboxylic acids is 2. The van der Waals surface area contributed by atoms with E-state index in [9.17, 15) is 26.4 Å². The highest BCUT2D eigenvalue weighted by Crippen LogP contribution is 2.29. The highest BCUT2D eigenvalue weighted by Gasteiger charge is 2.43. The van der Waals surface area contributed by atoms with Gasteiger partial charge < -0.3 is 0 Å². The molecule has 0 spiro atoms. The zero-order chi connectivity index (χ0) is 26.5. The summed E-state index contributed by atoms with van der Waals surface area (Å²) >= 11 is 0. The Morgan fingerprint density at radius 1 is 0.459 bits per heavy atom. The normalized spacial score (nSPS) is 13.4. The van der Waals surface area contributed by atoms with Gasteiger partial charge in [0.05, 0.1) is 9.79 Å². The number of hydrogen-bond acceptors (Lipinski definition) is 6. The minimum Gasteiger partial charge on any atom is -0.293 e. The van der Waals surface area contributed by atoms with Gasteiger partial charge in [-0.25, -0.2) is 16.8 Å². The largest absolute Gasteiger partial charge is 0.293 e. The first kappa shape index (κ1) is 26.2. The van der Waals surface area contributed by atoms with Crippen LogP contribution in [0.2, 0.25) is 0 Å². The molecule has 0 heterocycles. The lowest BCUT2D eigenvalue weighted by molar-refractivity contribution is 0.0963. The summed E-state index contributed by atoms with van der Waals surface area (Å²) in [7, 11) is -8.74. The van der Waals surface area contributed by atoms with Crippen LogP contribution in [0, 0.1) is 0 Å². The SMILES string of the molecule is O=C(c1ccccc1)C(CC(C(=O)c1ccccc1)S(=O)(=O)c1ccccc1)S(=O)(=O)c1ccccc1. The predicted molar refractivity (Wildman–Crippen MR) is 141 cm³/mol. The van der Waals surface area contributed by atoms with Gasteiger partial charge in [-0.2, -0.15) is 0 Å². The van der Waals surface area contributed by atoms with E-state index >= 15 is 0 Å². The molecule has 2 unspecified atom stereocenters. The first-order valence-electron chi connectivity index (χ1n) is 11.5. The molecule has 188 valence electrons. The summed E-state index contributed by atoms with van der Waals surface area (Å²) in [5.74, 6) is -1.56. The standard InChI is InChI=1S/C29H24O6S2/c30-28(22-13-5-1-6-14-22)26(36(32,33)24-17-9-3-10-18-24)21-27(29(31)23-15-7-2-8-16-23)37(34,35)25-19-11-4-12-20-25/h1-20,26-27H,21H2. The second-order valence-corrected chi connectivity index (χ2v) is 12.7. The zero-order valence-corrected chi connectivity index (χ0v) is 21.3. The van der Waals surface area contributed by atoms with Crippen molar-refractivity contribution in [3.63, 3.8) is 0 Å². The molecule has 0 aliphatic rings. The molecule has 0 saturated heterocycles. The Kier molecular flexibility index (Phi) is 7.80. The molecule has 0 aliphatic carbocycles. The summed E-state index contributed by atoms with van der Waals surface area (Å²) in [6.45, 7) is 0. The quantitative estimate of drug-likeness (QED) is 0.271. The van der Waals surface area contributed by atoms with Gasteiger partial charge in [0.25, 0.3) is 0 Å². The van der Waals surface area contributed by atoms with Crippen LogP contribution >= 0.6 is 0 Å². The molecule has 0 N–H and O–H groups in total. The Labute approximate surface area is 216 Å². The van der Waals surface area contributed by atoms with E-state index in [4.69, 9.17) is 0 Å². The van der Waals surface area contributed by atoms with Crippen LogP contribution in [0.4, 0.5) is 0 Å². The van der Waals surface area contributed by atoms with Gasteiger partial charge in [-0.1, -0.05) is 97.1 Å². The number of hydrogen-bond donors (Lipinski definition) is 0. The minimum absolute atomic E-state index is 0.107. The lowest BCUT2D eigenvalue weighted by Gasteiger charge is -2.23. The van der Waals surface area contributed by atoms with E-state index in [1.807, 2.05) is 0 Å². The van der Waals surface area contributed by atoms with Gasteiger partial charge in [0.15, 0.2) is 31.2 Å². The van der Waals surface area contributed by atoms with Gasteiger partial charge >= 0.3 is 0 Å². The molecule has 6 nitrogen and oxygen atoms in total. The lowest BCUT2D eigenvalue weighted by atomic mass is 10.0. The van der Waals surface area contributed by atoms with Crippen LogP contribution in [-0.2, 0) is 19.7 Å². The number of Topliss-reactive ketones (excluding diaryl/α,β-unsaturated/α-hetero) is 2. The van der Waals surface area contributed by atoms with Crippen LogP contribution in [0.15, 0.2) is 131 Å². The Bertz CT molecular complexity index is 1460. The Balaban J connectivity index is 1.88. The molecule has 0 radical (unpaired) electrons. The van der Waals surface area contributed by atoms with Crippen LogP contribution in [-0.4, -0.2) is 38.9 Å². The van der Waals surface area contributed by atoms with E-state index in [0.717, 1.165) is 0 Å². The first-order valence-corrected chi connectivity index (χ1v) is 14.6. The van der Waals surface area contributed by atoms with Crippen molar-refractivity contribution in [2.45, 2.75) is 26.7 Å². The van der Waals surface area contributed by atoms with Gasteiger partial charge in [-0.15, -0.1) is 0 Å². The van der Waals surface area contributed by atoms with E-state index in [2.05, 4.69) is 0 Å². The Morgan fingerprint density at radius 2 is 0.730 bits per heavy atom. The third-order valence-electron chi connectivity index (χ3n) is 6.02. The molecular weight excluding hydrogens is 508 g/mol. The van der Waals surface area contributed by atoms with Gasteiger partial charge in [0.1, 0.15) is 10.5 Å². The maximum absolute atomic E-state index is 13.8. The summed E-state index contributed by atoms with van der Waals surface area (Å²) in [6.07, 6.45) is -0.740. The van der Waals surface area contributed by atoms with Crippen molar-refractivity contribution in [3.8, 4) is 0 Å². The second-order valence-electron chi connectivity index (χ2n) is 8.39. The molecule has 4 aromatic carbocycles. The topological polar surface area (TPSA) is 102 Å². The fourth-order valence-corrected chi connectivity index (χ4v) is 7.65. The molecule has 4 rings (SSSR count). The van der Waals surface area contributed by atoms with E-state index in [-0.39, 0.29) is 20.9 Å². The van der Waals surface area contributed by atoms with Crippen molar-refractivity contribution in [2.24, 2.45) is 0 Å². The molecule has 2 atom stereocenters. The molecule has 0 saturated carbocycles. The van der Waals surface area contributed by atoms with Crippen molar-refractivity contribution in [1.82, 2.24) is 0 Å². The summed E-state index contributed by atoms with van der Waals surface area (Å²) in [6, 6.07) is 30.3.